The monoisotopic (exact) mass is 385 g/mol. The van der Waals surface area contributed by atoms with Crippen LogP contribution in [0.5, 0.6) is 5.75 Å². The Morgan fingerprint density at radius 1 is 1.11 bits per heavy atom. The molecule has 0 radical (unpaired) electrons. The highest BCUT2D eigenvalue weighted by molar-refractivity contribution is 7.71. The molecule has 4 rings (SSSR count). The van der Waals surface area contributed by atoms with E-state index in [0.717, 1.165) is 36.4 Å². The molecule has 1 aliphatic rings. The number of hydrogen-bond donors (Lipinski definition) is 0. The van der Waals surface area contributed by atoms with Crippen LogP contribution in [-0.4, -0.2) is 37.8 Å². The molecule has 0 unspecified atom stereocenters. The average molecular weight is 385 g/mol. The van der Waals surface area contributed by atoms with E-state index in [1.165, 1.54) is 12.1 Å². The van der Waals surface area contributed by atoms with Crippen LogP contribution in [0.25, 0.3) is 5.69 Å². The molecule has 1 fully saturated rings. The zero-order valence-electron chi connectivity index (χ0n) is 15.0. The minimum absolute atomic E-state index is 0.221. The molecule has 8 heteroatoms. The first-order valence-electron chi connectivity index (χ1n) is 8.80. The zero-order chi connectivity index (χ0) is 18.8. The SMILES string of the molecule is COc1ccc(-n2nnn(CN(Cc3ccc(F)cc3)C3CC3)c2=S)cc1. The molecule has 27 heavy (non-hydrogen) atoms. The van der Waals surface area contributed by atoms with E-state index in [0.29, 0.717) is 17.5 Å². The topological polar surface area (TPSA) is 48.1 Å². The van der Waals surface area contributed by atoms with Crippen molar-refractivity contribution in [1.82, 2.24) is 24.7 Å². The highest BCUT2D eigenvalue weighted by atomic mass is 32.1. The van der Waals surface area contributed by atoms with Gasteiger partial charge in [-0.25, -0.2) is 9.07 Å². The third-order valence-electron chi connectivity index (χ3n) is 4.63. The van der Waals surface area contributed by atoms with Crippen LogP contribution in [-0.2, 0) is 13.2 Å². The van der Waals surface area contributed by atoms with Crippen molar-refractivity contribution in [1.29, 1.82) is 0 Å². The van der Waals surface area contributed by atoms with Crippen LogP contribution in [0.3, 0.4) is 0 Å². The number of halogens is 1. The number of methoxy groups -OCH3 is 1. The van der Waals surface area contributed by atoms with Crippen molar-refractivity contribution >= 4 is 12.2 Å². The Morgan fingerprint density at radius 3 is 2.44 bits per heavy atom. The van der Waals surface area contributed by atoms with Gasteiger partial charge in [0.2, 0.25) is 4.77 Å². The lowest BCUT2D eigenvalue weighted by Crippen LogP contribution is -2.29. The van der Waals surface area contributed by atoms with E-state index in [1.807, 2.05) is 36.4 Å². The molecule has 0 amide bonds. The lowest BCUT2D eigenvalue weighted by atomic mass is 10.2. The van der Waals surface area contributed by atoms with Gasteiger partial charge < -0.3 is 4.74 Å². The van der Waals surface area contributed by atoms with Crippen LogP contribution in [0.15, 0.2) is 48.5 Å². The van der Waals surface area contributed by atoms with E-state index in [2.05, 4.69) is 15.3 Å². The number of tetrazole rings is 1. The van der Waals surface area contributed by atoms with Gasteiger partial charge in [-0.1, -0.05) is 12.1 Å². The third kappa shape index (κ3) is 4.06. The first-order valence-corrected chi connectivity index (χ1v) is 9.20. The summed E-state index contributed by atoms with van der Waals surface area (Å²) in [5.74, 6) is 0.554. The smallest absolute Gasteiger partial charge is 0.221 e. The molecule has 1 aromatic heterocycles. The normalized spacial score (nSPS) is 13.9. The second-order valence-electron chi connectivity index (χ2n) is 6.62. The van der Waals surface area contributed by atoms with Crippen molar-refractivity contribution in [3.63, 3.8) is 0 Å². The van der Waals surface area contributed by atoms with Crippen LogP contribution < -0.4 is 4.74 Å². The van der Waals surface area contributed by atoms with Crippen molar-refractivity contribution < 1.29 is 9.13 Å². The second kappa shape index (κ2) is 7.58. The van der Waals surface area contributed by atoms with Gasteiger partial charge >= 0.3 is 0 Å². The van der Waals surface area contributed by atoms with Gasteiger partial charge in [-0.15, -0.1) is 0 Å². The van der Waals surface area contributed by atoms with Crippen LogP contribution in [0.2, 0.25) is 0 Å². The fraction of sp³-hybridized carbons (Fsp3) is 0.316. The van der Waals surface area contributed by atoms with Gasteiger partial charge in [0.25, 0.3) is 0 Å². The van der Waals surface area contributed by atoms with Crippen molar-refractivity contribution in [2.45, 2.75) is 32.1 Å². The lowest BCUT2D eigenvalue weighted by molar-refractivity contribution is 0.185. The molecule has 0 saturated heterocycles. The molecule has 0 atom stereocenters. The van der Waals surface area contributed by atoms with Crippen molar-refractivity contribution in [2.24, 2.45) is 0 Å². The van der Waals surface area contributed by atoms with Crippen LogP contribution >= 0.6 is 12.2 Å². The molecule has 0 bridgehead atoms. The van der Waals surface area contributed by atoms with Crippen LogP contribution in [0.4, 0.5) is 4.39 Å². The molecular weight excluding hydrogens is 365 g/mol. The van der Waals surface area contributed by atoms with E-state index in [-0.39, 0.29) is 5.82 Å². The first kappa shape index (κ1) is 17.8. The van der Waals surface area contributed by atoms with Gasteiger partial charge in [0.1, 0.15) is 11.6 Å². The van der Waals surface area contributed by atoms with E-state index >= 15 is 0 Å². The van der Waals surface area contributed by atoms with E-state index in [4.69, 9.17) is 17.0 Å². The number of benzene rings is 2. The van der Waals surface area contributed by atoms with Crippen molar-refractivity contribution in [3.8, 4) is 11.4 Å². The van der Waals surface area contributed by atoms with Gasteiger partial charge in [-0.2, -0.15) is 4.68 Å². The molecule has 140 valence electrons. The summed E-state index contributed by atoms with van der Waals surface area (Å²) in [6, 6.07) is 14.6. The predicted octanol–water partition coefficient (Wildman–Crippen LogP) is 3.57. The minimum Gasteiger partial charge on any atom is -0.497 e. The number of ether oxygens (including phenoxy) is 1. The van der Waals surface area contributed by atoms with Crippen LogP contribution in [0.1, 0.15) is 18.4 Å². The summed E-state index contributed by atoms with van der Waals surface area (Å²) in [4.78, 5) is 2.30. The van der Waals surface area contributed by atoms with Gasteiger partial charge in [0, 0.05) is 12.6 Å². The van der Waals surface area contributed by atoms with E-state index < -0.39 is 0 Å². The van der Waals surface area contributed by atoms with Gasteiger partial charge in [0.05, 0.1) is 19.5 Å². The highest BCUT2D eigenvalue weighted by Gasteiger charge is 2.29. The van der Waals surface area contributed by atoms with Gasteiger partial charge in [0.15, 0.2) is 0 Å². The molecule has 0 N–H and O–H groups in total. The quantitative estimate of drug-likeness (QED) is 0.582. The summed E-state index contributed by atoms with van der Waals surface area (Å²) in [5, 5.41) is 8.43. The Morgan fingerprint density at radius 2 is 1.81 bits per heavy atom. The number of aromatic nitrogens is 4. The molecule has 0 spiro atoms. The number of nitrogens with zero attached hydrogens (tertiary/aromatic N) is 5. The number of hydrogen-bond acceptors (Lipinski definition) is 5. The van der Waals surface area contributed by atoms with Crippen molar-refractivity contribution in [3.05, 3.63) is 64.7 Å². The molecular formula is C19H20FN5OS. The maximum absolute atomic E-state index is 13.1. The maximum atomic E-state index is 13.1. The largest absolute Gasteiger partial charge is 0.497 e. The Kier molecular flexibility index (Phi) is 5.00. The Bertz CT molecular complexity index is 963. The summed E-state index contributed by atoms with van der Waals surface area (Å²) in [6.45, 7) is 1.28. The average Bonchev–Trinajstić information content (AvgIpc) is 3.48. The van der Waals surface area contributed by atoms with E-state index in [9.17, 15) is 4.39 Å². The molecule has 1 saturated carbocycles. The summed E-state index contributed by atoms with van der Waals surface area (Å²) < 4.78 is 22.2. The minimum atomic E-state index is -0.221. The standard InChI is InChI=1S/C19H20FN5OS/c1-26-18-10-8-17(9-11-18)25-19(27)24(21-22-25)13-23(16-6-7-16)12-14-2-4-15(20)5-3-14/h2-5,8-11,16H,6-7,12-13H2,1H3. The summed E-state index contributed by atoms with van der Waals surface area (Å²) in [5.41, 5.74) is 1.90. The highest BCUT2D eigenvalue weighted by Crippen LogP contribution is 2.29. The third-order valence-corrected chi connectivity index (χ3v) is 5.02. The summed E-state index contributed by atoms with van der Waals surface area (Å²) in [7, 11) is 1.63. The maximum Gasteiger partial charge on any atom is 0.221 e. The molecule has 2 aromatic carbocycles. The fourth-order valence-electron chi connectivity index (χ4n) is 2.98. The van der Waals surface area contributed by atoms with Crippen LogP contribution in [0, 0.1) is 10.6 Å². The Balaban J connectivity index is 1.53. The van der Waals surface area contributed by atoms with Gasteiger partial charge in [-0.3, -0.25) is 4.90 Å². The second-order valence-corrected chi connectivity index (χ2v) is 6.98. The Hall–Kier alpha value is -2.58. The zero-order valence-corrected chi connectivity index (χ0v) is 15.8. The fourth-order valence-corrected chi connectivity index (χ4v) is 3.22. The van der Waals surface area contributed by atoms with E-state index in [1.54, 1.807) is 16.5 Å². The molecule has 3 aromatic rings. The Labute approximate surface area is 161 Å². The molecule has 6 nitrogen and oxygen atoms in total. The predicted molar refractivity (Wildman–Crippen MR) is 102 cm³/mol. The van der Waals surface area contributed by atoms with Crippen molar-refractivity contribution in [2.75, 3.05) is 7.11 Å². The van der Waals surface area contributed by atoms with Gasteiger partial charge in [-0.05, 0) is 77.4 Å². The lowest BCUT2D eigenvalue weighted by Gasteiger charge is -2.21. The molecule has 0 aliphatic heterocycles. The molecule has 1 heterocycles. The number of rotatable bonds is 7. The summed E-state index contributed by atoms with van der Waals surface area (Å²) in [6.07, 6.45) is 2.31. The summed E-state index contributed by atoms with van der Waals surface area (Å²) >= 11 is 5.57. The molecule has 1 aliphatic carbocycles. The first-order chi connectivity index (χ1) is 13.1.